The molecule has 0 aliphatic carbocycles. The third-order valence-electron chi connectivity index (χ3n) is 6.01. The Hall–Kier alpha value is -3.32. The predicted molar refractivity (Wildman–Crippen MR) is 130 cm³/mol. The molecule has 34 heavy (non-hydrogen) atoms. The molecule has 0 spiro atoms. The fraction of sp³-hybridized carbons (Fsp3) is 0.407. The minimum absolute atomic E-state index is 0.00361. The van der Waals surface area contributed by atoms with Crippen LogP contribution in [-0.2, 0) is 4.74 Å². The third kappa shape index (κ3) is 4.28. The highest BCUT2D eigenvalue weighted by Crippen LogP contribution is 2.41. The van der Waals surface area contributed by atoms with Crippen LogP contribution in [0, 0.1) is 13.8 Å². The van der Waals surface area contributed by atoms with E-state index in [1.54, 1.807) is 23.1 Å². The van der Waals surface area contributed by atoms with Gasteiger partial charge >= 0.3 is 0 Å². The highest BCUT2D eigenvalue weighted by Gasteiger charge is 2.42. The Kier molecular flexibility index (Phi) is 6.66. The van der Waals surface area contributed by atoms with E-state index in [9.17, 15) is 14.7 Å². The quantitative estimate of drug-likeness (QED) is 0.477. The fourth-order valence-corrected chi connectivity index (χ4v) is 4.62. The van der Waals surface area contributed by atoms with E-state index in [4.69, 9.17) is 13.9 Å². The standard InChI is InChI=1S/C27H31NO6/c1-6-32-20-14-18(8-9-19(20)29)24-23-25(30)22-17(5)12-16(4)13-21(22)34-26(23)27(31)28(24)10-7-11-33-15(2)3/h8-9,12-15,24,29H,6-7,10-11H2,1-5H3. The van der Waals surface area contributed by atoms with Crippen molar-refractivity contribution < 1.29 is 23.8 Å². The molecule has 0 saturated heterocycles. The van der Waals surface area contributed by atoms with Crippen molar-refractivity contribution in [3.05, 3.63) is 68.6 Å². The maximum atomic E-state index is 13.8. The molecular formula is C27H31NO6. The van der Waals surface area contributed by atoms with Gasteiger partial charge in [-0.05, 0) is 75.9 Å². The average Bonchev–Trinajstić information content (AvgIpc) is 3.04. The Morgan fingerprint density at radius 2 is 1.91 bits per heavy atom. The number of hydrogen-bond acceptors (Lipinski definition) is 6. The van der Waals surface area contributed by atoms with Crippen molar-refractivity contribution >= 4 is 16.9 Å². The van der Waals surface area contributed by atoms with Gasteiger partial charge in [-0.1, -0.05) is 12.1 Å². The van der Waals surface area contributed by atoms with E-state index in [2.05, 4.69) is 0 Å². The lowest BCUT2D eigenvalue weighted by Crippen LogP contribution is -2.31. The van der Waals surface area contributed by atoms with Crippen LogP contribution in [0.25, 0.3) is 11.0 Å². The number of benzene rings is 2. The number of carbonyl (C=O) groups is 1. The Morgan fingerprint density at radius 1 is 1.15 bits per heavy atom. The number of hydrogen-bond donors (Lipinski definition) is 1. The van der Waals surface area contributed by atoms with Crippen molar-refractivity contribution in [3.8, 4) is 11.5 Å². The number of phenolic OH excluding ortho intramolecular Hbond substituents is 1. The largest absolute Gasteiger partial charge is 0.504 e. The number of rotatable bonds is 8. The van der Waals surface area contributed by atoms with Crippen LogP contribution in [0.3, 0.4) is 0 Å². The van der Waals surface area contributed by atoms with Crippen molar-refractivity contribution in [2.75, 3.05) is 19.8 Å². The second-order valence-electron chi connectivity index (χ2n) is 8.96. The molecule has 0 saturated carbocycles. The molecule has 1 atom stereocenters. The minimum atomic E-state index is -0.650. The molecule has 0 radical (unpaired) electrons. The van der Waals surface area contributed by atoms with Gasteiger partial charge in [0, 0.05) is 13.2 Å². The second kappa shape index (κ2) is 9.50. The van der Waals surface area contributed by atoms with Gasteiger partial charge in [-0.2, -0.15) is 0 Å². The molecule has 1 aromatic heterocycles. The maximum absolute atomic E-state index is 13.8. The van der Waals surface area contributed by atoms with Gasteiger partial charge in [-0.3, -0.25) is 9.59 Å². The summed E-state index contributed by atoms with van der Waals surface area (Å²) in [5.74, 6) is 0.0573. The van der Waals surface area contributed by atoms with Crippen LogP contribution in [0.15, 0.2) is 39.5 Å². The van der Waals surface area contributed by atoms with E-state index >= 15 is 0 Å². The van der Waals surface area contributed by atoms with E-state index in [0.717, 1.165) is 11.1 Å². The van der Waals surface area contributed by atoms with Crippen molar-refractivity contribution in [1.29, 1.82) is 0 Å². The lowest BCUT2D eigenvalue weighted by atomic mass is 9.96. The van der Waals surface area contributed by atoms with E-state index in [-0.39, 0.29) is 28.9 Å². The Balaban J connectivity index is 1.87. The molecule has 2 heterocycles. The zero-order valence-corrected chi connectivity index (χ0v) is 20.3. The van der Waals surface area contributed by atoms with Crippen LogP contribution in [0.1, 0.15) is 66.0 Å². The molecule has 1 N–H and O–H groups in total. The van der Waals surface area contributed by atoms with Crippen molar-refractivity contribution in [2.45, 2.75) is 53.2 Å². The number of nitrogens with zero attached hydrogens (tertiary/aromatic N) is 1. The lowest BCUT2D eigenvalue weighted by Gasteiger charge is -2.25. The Morgan fingerprint density at radius 3 is 2.62 bits per heavy atom. The molecule has 7 heteroatoms. The molecule has 0 fully saturated rings. The molecule has 1 aliphatic rings. The zero-order valence-electron chi connectivity index (χ0n) is 20.3. The van der Waals surface area contributed by atoms with Gasteiger partial charge in [0.1, 0.15) is 5.58 Å². The number of ether oxygens (including phenoxy) is 2. The summed E-state index contributed by atoms with van der Waals surface area (Å²) in [5, 5.41) is 10.7. The molecule has 1 amide bonds. The lowest BCUT2D eigenvalue weighted by molar-refractivity contribution is 0.0593. The monoisotopic (exact) mass is 465 g/mol. The predicted octanol–water partition coefficient (Wildman–Crippen LogP) is 4.87. The van der Waals surface area contributed by atoms with Crippen LogP contribution < -0.4 is 10.2 Å². The Bertz CT molecular complexity index is 1290. The van der Waals surface area contributed by atoms with E-state index < -0.39 is 6.04 Å². The SMILES string of the molecule is CCOc1cc(C2c3c(oc4cc(C)cc(C)c4c3=O)C(=O)N2CCCOC(C)C)ccc1O. The van der Waals surface area contributed by atoms with E-state index in [0.29, 0.717) is 54.0 Å². The molecular weight excluding hydrogens is 434 g/mol. The molecule has 7 nitrogen and oxygen atoms in total. The topological polar surface area (TPSA) is 89.2 Å². The average molecular weight is 466 g/mol. The van der Waals surface area contributed by atoms with Gasteiger partial charge in [0.05, 0.1) is 29.7 Å². The highest BCUT2D eigenvalue weighted by atomic mass is 16.5. The first-order chi connectivity index (χ1) is 16.2. The summed E-state index contributed by atoms with van der Waals surface area (Å²) in [5.41, 5.74) is 2.97. The van der Waals surface area contributed by atoms with E-state index in [1.165, 1.54) is 6.07 Å². The van der Waals surface area contributed by atoms with Gasteiger partial charge < -0.3 is 23.9 Å². The number of fused-ring (bicyclic) bond motifs is 2. The summed E-state index contributed by atoms with van der Waals surface area (Å²) in [6.45, 7) is 10.8. The molecule has 1 unspecified atom stereocenters. The second-order valence-corrected chi connectivity index (χ2v) is 8.96. The fourth-order valence-electron chi connectivity index (χ4n) is 4.62. The van der Waals surface area contributed by atoms with E-state index in [1.807, 2.05) is 40.7 Å². The number of aryl methyl sites for hydroxylation is 2. The first-order valence-electron chi connectivity index (χ1n) is 11.7. The molecule has 1 aliphatic heterocycles. The van der Waals surface area contributed by atoms with Gasteiger partial charge in [-0.25, -0.2) is 0 Å². The molecule has 180 valence electrons. The summed E-state index contributed by atoms with van der Waals surface area (Å²) in [7, 11) is 0. The van der Waals surface area contributed by atoms with Gasteiger partial charge in [-0.15, -0.1) is 0 Å². The number of amides is 1. The van der Waals surface area contributed by atoms with Crippen molar-refractivity contribution in [2.24, 2.45) is 0 Å². The first kappa shape index (κ1) is 23.8. The summed E-state index contributed by atoms with van der Waals surface area (Å²) >= 11 is 0. The molecule has 4 rings (SSSR count). The van der Waals surface area contributed by atoms with Gasteiger partial charge in [0.25, 0.3) is 5.91 Å². The Labute approximate surface area is 198 Å². The normalized spacial score (nSPS) is 15.4. The van der Waals surface area contributed by atoms with Crippen LogP contribution in [0.4, 0.5) is 0 Å². The minimum Gasteiger partial charge on any atom is -0.504 e. The number of aromatic hydroxyl groups is 1. The summed E-state index contributed by atoms with van der Waals surface area (Å²) in [6, 6.07) is 8.01. The smallest absolute Gasteiger partial charge is 0.290 e. The summed E-state index contributed by atoms with van der Waals surface area (Å²) < 4.78 is 17.3. The van der Waals surface area contributed by atoms with Gasteiger partial charge in [0.2, 0.25) is 5.76 Å². The maximum Gasteiger partial charge on any atom is 0.290 e. The van der Waals surface area contributed by atoms with Crippen molar-refractivity contribution in [3.63, 3.8) is 0 Å². The number of phenols is 1. The summed E-state index contributed by atoms with van der Waals surface area (Å²) in [6.07, 6.45) is 0.698. The third-order valence-corrected chi connectivity index (χ3v) is 6.01. The van der Waals surface area contributed by atoms with Crippen LogP contribution >= 0.6 is 0 Å². The number of carbonyl (C=O) groups excluding carboxylic acids is 1. The van der Waals surface area contributed by atoms with Crippen molar-refractivity contribution in [1.82, 2.24) is 4.90 Å². The zero-order chi connectivity index (χ0) is 24.6. The molecule has 3 aromatic rings. The van der Waals surface area contributed by atoms with Gasteiger partial charge in [0.15, 0.2) is 16.9 Å². The van der Waals surface area contributed by atoms with Crippen LogP contribution in [0.5, 0.6) is 11.5 Å². The highest BCUT2D eigenvalue weighted by molar-refractivity contribution is 5.99. The molecule has 0 bridgehead atoms. The summed E-state index contributed by atoms with van der Waals surface area (Å²) in [4.78, 5) is 29.0. The molecule has 2 aromatic carbocycles. The van der Waals surface area contributed by atoms with Crippen LogP contribution in [0.2, 0.25) is 0 Å². The van der Waals surface area contributed by atoms with Crippen LogP contribution in [-0.4, -0.2) is 41.8 Å². The first-order valence-corrected chi connectivity index (χ1v) is 11.7.